The van der Waals surface area contributed by atoms with Crippen molar-refractivity contribution in [3.8, 4) is 0 Å². The number of hydrogen-bond donors (Lipinski definition) is 3. The molecule has 0 aliphatic rings. The lowest BCUT2D eigenvalue weighted by Gasteiger charge is -2.16. The number of aromatic nitrogens is 1. The summed E-state index contributed by atoms with van der Waals surface area (Å²) in [5.41, 5.74) is 1.99. The molecule has 0 unspecified atom stereocenters. The second-order valence-electron chi connectivity index (χ2n) is 7.74. The Bertz CT molecular complexity index is 1130. The molecule has 180 valence electrons. The smallest absolute Gasteiger partial charge is 0.328 e. The Balaban J connectivity index is 1.39. The van der Waals surface area contributed by atoms with Crippen molar-refractivity contribution in [3.63, 3.8) is 0 Å². The molecule has 0 saturated heterocycles. The number of rotatable bonds is 13. The first-order valence-electron chi connectivity index (χ1n) is 11.0. The molecular formula is C24H28N4O5S. The number of unbranched alkanes of at least 4 members (excludes halogenated alkanes) is 2. The lowest BCUT2D eigenvalue weighted by atomic mass is 10.0. The van der Waals surface area contributed by atoms with E-state index in [0.29, 0.717) is 30.7 Å². The Morgan fingerprint density at radius 1 is 1.12 bits per heavy atom. The minimum absolute atomic E-state index is 0.0736. The number of fused-ring (bicyclic) bond motifs is 1. The highest BCUT2D eigenvalue weighted by molar-refractivity contribution is 7.97. The molecule has 3 rings (SSSR count). The molecule has 1 aromatic heterocycles. The largest absolute Gasteiger partial charge is 0.467 e. The minimum Gasteiger partial charge on any atom is -0.467 e. The van der Waals surface area contributed by atoms with Gasteiger partial charge in [-0.3, -0.25) is 19.6 Å². The van der Waals surface area contributed by atoms with Crippen molar-refractivity contribution in [1.29, 1.82) is 0 Å². The highest BCUT2D eigenvalue weighted by atomic mass is 32.2. The topological polar surface area (TPSA) is 126 Å². The molecule has 0 saturated carbocycles. The highest BCUT2D eigenvalue weighted by Gasteiger charge is 2.23. The maximum atomic E-state index is 12.4. The number of benzene rings is 2. The van der Waals surface area contributed by atoms with Crippen LogP contribution in [0.5, 0.6) is 0 Å². The van der Waals surface area contributed by atoms with Crippen molar-refractivity contribution < 1.29 is 19.2 Å². The number of esters is 1. The van der Waals surface area contributed by atoms with Crippen LogP contribution >= 0.6 is 11.9 Å². The fraction of sp³-hybridized carbons (Fsp3) is 0.333. The van der Waals surface area contributed by atoms with E-state index in [1.807, 2.05) is 30.5 Å². The molecule has 10 heteroatoms. The summed E-state index contributed by atoms with van der Waals surface area (Å²) >= 11 is 1.23. The van der Waals surface area contributed by atoms with Crippen LogP contribution in [-0.2, 0) is 20.7 Å². The Morgan fingerprint density at radius 3 is 2.68 bits per heavy atom. The summed E-state index contributed by atoms with van der Waals surface area (Å²) in [7, 11) is 1.31. The van der Waals surface area contributed by atoms with E-state index in [0.717, 1.165) is 29.3 Å². The molecule has 1 amide bonds. The lowest BCUT2D eigenvalue weighted by Crippen LogP contribution is -2.43. The van der Waals surface area contributed by atoms with E-state index in [1.54, 1.807) is 18.2 Å². The van der Waals surface area contributed by atoms with E-state index in [2.05, 4.69) is 15.0 Å². The number of nitrogens with zero attached hydrogens (tertiary/aromatic N) is 1. The number of nitro benzene ring substituents is 1. The third kappa shape index (κ3) is 7.06. The molecule has 3 N–H and O–H groups in total. The van der Waals surface area contributed by atoms with Crippen molar-refractivity contribution in [1.82, 2.24) is 15.0 Å². The second-order valence-corrected chi connectivity index (χ2v) is 8.67. The number of nitrogens with one attached hydrogen (secondary N) is 3. The Hall–Kier alpha value is -3.37. The molecule has 0 spiro atoms. The monoisotopic (exact) mass is 484 g/mol. The van der Waals surface area contributed by atoms with Crippen molar-refractivity contribution in [2.45, 2.75) is 43.0 Å². The van der Waals surface area contributed by atoms with Gasteiger partial charge in [-0.1, -0.05) is 36.8 Å². The normalized spacial score (nSPS) is 11.8. The molecule has 1 atom stereocenters. The fourth-order valence-corrected chi connectivity index (χ4v) is 4.40. The number of ether oxygens (including phenoxy) is 1. The molecule has 0 radical (unpaired) electrons. The number of H-pyrrole nitrogens is 1. The van der Waals surface area contributed by atoms with Crippen LogP contribution in [0.4, 0.5) is 5.69 Å². The van der Waals surface area contributed by atoms with Gasteiger partial charge in [-0.15, -0.1) is 0 Å². The quantitative estimate of drug-likeness (QED) is 0.109. The summed E-state index contributed by atoms with van der Waals surface area (Å²) in [4.78, 5) is 39.1. The molecule has 0 fully saturated rings. The van der Waals surface area contributed by atoms with Gasteiger partial charge in [0.2, 0.25) is 5.91 Å². The number of aromatic amines is 1. The maximum Gasteiger partial charge on any atom is 0.328 e. The van der Waals surface area contributed by atoms with Gasteiger partial charge in [0, 0.05) is 42.6 Å². The molecule has 1 heterocycles. The van der Waals surface area contributed by atoms with E-state index < -0.39 is 16.9 Å². The third-order valence-electron chi connectivity index (χ3n) is 5.35. The first-order valence-corrected chi connectivity index (χ1v) is 11.9. The predicted molar refractivity (Wildman–Crippen MR) is 131 cm³/mol. The van der Waals surface area contributed by atoms with Crippen LogP contribution in [0, 0.1) is 10.1 Å². The van der Waals surface area contributed by atoms with Crippen LogP contribution in [0.25, 0.3) is 10.9 Å². The molecule has 34 heavy (non-hydrogen) atoms. The highest BCUT2D eigenvalue weighted by Crippen LogP contribution is 2.26. The first kappa shape index (κ1) is 25.3. The molecule has 0 bridgehead atoms. The molecule has 9 nitrogen and oxygen atoms in total. The van der Waals surface area contributed by atoms with Crippen LogP contribution < -0.4 is 10.0 Å². The van der Waals surface area contributed by atoms with Crippen LogP contribution in [0.3, 0.4) is 0 Å². The van der Waals surface area contributed by atoms with Crippen molar-refractivity contribution >= 4 is 40.4 Å². The van der Waals surface area contributed by atoms with Crippen LogP contribution in [-0.4, -0.2) is 41.5 Å². The van der Waals surface area contributed by atoms with Gasteiger partial charge >= 0.3 is 5.97 Å². The standard InChI is InChI=1S/C24H28N4O5S/c1-33-24(30)20(15-17-16-25-19-10-5-4-9-18(17)19)27-23(29)13-3-2-8-14-26-34-22-12-7-6-11-21(22)28(31)32/h4-7,9-12,16,20,25-26H,2-3,8,13-15H2,1H3,(H,27,29)/t20-/m0/s1. The van der Waals surface area contributed by atoms with Gasteiger partial charge in [-0.25, -0.2) is 4.79 Å². The zero-order valence-corrected chi connectivity index (χ0v) is 19.7. The van der Waals surface area contributed by atoms with Crippen molar-refractivity contribution in [3.05, 3.63) is 70.4 Å². The summed E-state index contributed by atoms with van der Waals surface area (Å²) in [5, 5.41) is 14.9. The molecular weight excluding hydrogens is 456 g/mol. The van der Waals surface area contributed by atoms with Gasteiger partial charge < -0.3 is 15.0 Å². The van der Waals surface area contributed by atoms with Gasteiger partial charge in [-0.2, -0.15) is 0 Å². The van der Waals surface area contributed by atoms with E-state index in [1.165, 1.54) is 25.1 Å². The summed E-state index contributed by atoms with van der Waals surface area (Å²) < 4.78 is 8.01. The number of hydrogen-bond acceptors (Lipinski definition) is 7. The number of para-hydroxylation sites is 2. The zero-order chi connectivity index (χ0) is 24.3. The van der Waals surface area contributed by atoms with Gasteiger partial charge in [0.1, 0.15) is 10.9 Å². The second kappa shape index (κ2) is 12.8. The van der Waals surface area contributed by atoms with Gasteiger partial charge in [-0.05, 0) is 42.5 Å². The van der Waals surface area contributed by atoms with Crippen LogP contribution in [0.15, 0.2) is 59.6 Å². The molecule has 0 aliphatic heterocycles. The predicted octanol–water partition coefficient (Wildman–Crippen LogP) is 4.13. The molecule has 0 aliphatic carbocycles. The minimum atomic E-state index is -0.753. The SMILES string of the molecule is COC(=O)[C@H](Cc1c[nH]c2ccccc12)NC(=O)CCCCCNSc1ccccc1[N+](=O)[O-]. The van der Waals surface area contributed by atoms with E-state index in [9.17, 15) is 19.7 Å². The number of nitro groups is 1. The lowest BCUT2D eigenvalue weighted by molar-refractivity contribution is -0.387. The molecule has 3 aromatic rings. The van der Waals surface area contributed by atoms with Gasteiger partial charge in [0.15, 0.2) is 0 Å². The van der Waals surface area contributed by atoms with Crippen molar-refractivity contribution in [2.24, 2.45) is 0 Å². The maximum absolute atomic E-state index is 12.4. The molecule has 2 aromatic carbocycles. The zero-order valence-electron chi connectivity index (χ0n) is 18.9. The third-order valence-corrected chi connectivity index (χ3v) is 6.26. The Morgan fingerprint density at radius 2 is 1.88 bits per heavy atom. The number of carbonyl (C=O) groups excluding carboxylic acids is 2. The van der Waals surface area contributed by atoms with Crippen molar-refractivity contribution in [2.75, 3.05) is 13.7 Å². The average Bonchev–Trinajstić information content (AvgIpc) is 3.25. The van der Waals surface area contributed by atoms with Crippen LogP contribution in [0.2, 0.25) is 0 Å². The van der Waals surface area contributed by atoms with E-state index in [4.69, 9.17) is 4.74 Å². The van der Waals surface area contributed by atoms with E-state index in [-0.39, 0.29) is 11.6 Å². The number of amides is 1. The number of carbonyl (C=O) groups is 2. The van der Waals surface area contributed by atoms with Crippen LogP contribution in [0.1, 0.15) is 31.2 Å². The van der Waals surface area contributed by atoms with Gasteiger partial charge in [0.25, 0.3) is 5.69 Å². The summed E-state index contributed by atoms with van der Waals surface area (Å²) in [6.07, 6.45) is 4.79. The van der Waals surface area contributed by atoms with E-state index >= 15 is 0 Å². The fourth-order valence-electron chi connectivity index (χ4n) is 3.61. The summed E-state index contributed by atoms with van der Waals surface area (Å²) in [6, 6.07) is 13.6. The number of methoxy groups -OCH3 is 1. The summed E-state index contributed by atoms with van der Waals surface area (Å²) in [5.74, 6) is -0.674. The summed E-state index contributed by atoms with van der Waals surface area (Å²) in [6.45, 7) is 0.656. The average molecular weight is 485 g/mol. The van der Waals surface area contributed by atoms with Gasteiger partial charge in [0.05, 0.1) is 12.0 Å². The Labute approximate surface area is 201 Å². The Kier molecular flexibility index (Phi) is 9.48. The first-order chi connectivity index (χ1) is 16.5.